The van der Waals surface area contributed by atoms with Gasteiger partial charge >= 0.3 is 0 Å². The standard InChI is InChI=1S/C17H23BrN2O/c1-12-11-13(18)7-8-14(12)17(21)20-10-3-2-6-16(20)15-5-4-9-19-15/h7-8,11,15-16,19H,2-6,9-10H2,1H3. The molecular weight excluding hydrogens is 328 g/mol. The second kappa shape index (κ2) is 6.49. The van der Waals surface area contributed by atoms with Gasteiger partial charge in [-0.1, -0.05) is 15.9 Å². The summed E-state index contributed by atoms with van der Waals surface area (Å²) in [4.78, 5) is 15.1. The van der Waals surface area contributed by atoms with Crippen molar-refractivity contribution >= 4 is 21.8 Å². The van der Waals surface area contributed by atoms with Crippen molar-refractivity contribution in [3.8, 4) is 0 Å². The monoisotopic (exact) mass is 350 g/mol. The van der Waals surface area contributed by atoms with Crippen LogP contribution in [0.1, 0.15) is 48.0 Å². The zero-order chi connectivity index (χ0) is 14.8. The largest absolute Gasteiger partial charge is 0.334 e. The highest BCUT2D eigenvalue weighted by atomic mass is 79.9. The number of halogens is 1. The third kappa shape index (κ3) is 3.16. The van der Waals surface area contributed by atoms with Crippen LogP contribution in [0.25, 0.3) is 0 Å². The highest BCUT2D eigenvalue weighted by molar-refractivity contribution is 9.10. The van der Waals surface area contributed by atoms with Gasteiger partial charge < -0.3 is 10.2 Å². The number of nitrogens with zero attached hydrogens (tertiary/aromatic N) is 1. The Kier molecular flexibility index (Phi) is 4.65. The van der Waals surface area contributed by atoms with E-state index < -0.39 is 0 Å². The van der Waals surface area contributed by atoms with Gasteiger partial charge in [0, 0.05) is 28.7 Å². The lowest BCUT2D eigenvalue weighted by molar-refractivity contribution is 0.0563. The SMILES string of the molecule is Cc1cc(Br)ccc1C(=O)N1CCCCC1C1CCCN1. The van der Waals surface area contributed by atoms with Crippen molar-refractivity contribution < 1.29 is 4.79 Å². The van der Waals surface area contributed by atoms with Gasteiger partial charge in [-0.25, -0.2) is 0 Å². The first kappa shape index (κ1) is 15.0. The molecule has 1 amide bonds. The van der Waals surface area contributed by atoms with Crippen molar-refractivity contribution in [1.82, 2.24) is 10.2 Å². The molecule has 0 saturated carbocycles. The summed E-state index contributed by atoms with van der Waals surface area (Å²) in [7, 11) is 0. The molecule has 0 aromatic heterocycles. The number of nitrogens with one attached hydrogen (secondary N) is 1. The summed E-state index contributed by atoms with van der Waals surface area (Å²) in [6, 6.07) is 6.81. The molecule has 1 N–H and O–H groups in total. The van der Waals surface area contributed by atoms with E-state index in [9.17, 15) is 4.79 Å². The molecule has 2 aliphatic rings. The second-order valence-electron chi connectivity index (χ2n) is 6.22. The van der Waals surface area contributed by atoms with E-state index in [1.807, 2.05) is 25.1 Å². The van der Waals surface area contributed by atoms with Gasteiger partial charge in [0.25, 0.3) is 5.91 Å². The summed E-state index contributed by atoms with van der Waals surface area (Å²) >= 11 is 3.47. The van der Waals surface area contributed by atoms with Gasteiger partial charge in [-0.2, -0.15) is 0 Å². The normalized spacial score (nSPS) is 26.1. The van der Waals surface area contributed by atoms with E-state index in [0.29, 0.717) is 12.1 Å². The maximum atomic E-state index is 13.0. The average Bonchev–Trinajstić information content (AvgIpc) is 3.01. The minimum atomic E-state index is 0.207. The Morgan fingerprint density at radius 2 is 2.14 bits per heavy atom. The third-order valence-corrected chi connectivity index (χ3v) is 5.29. The topological polar surface area (TPSA) is 32.3 Å². The summed E-state index contributed by atoms with van der Waals surface area (Å²) < 4.78 is 1.03. The summed E-state index contributed by atoms with van der Waals surface area (Å²) in [6.45, 7) is 4.02. The van der Waals surface area contributed by atoms with E-state index in [2.05, 4.69) is 26.1 Å². The highest BCUT2D eigenvalue weighted by Crippen LogP contribution is 2.27. The Hall–Kier alpha value is -0.870. The summed E-state index contributed by atoms with van der Waals surface area (Å²) in [6.07, 6.45) is 5.95. The van der Waals surface area contributed by atoms with Crippen molar-refractivity contribution in [1.29, 1.82) is 0 Å². The molecule has 1 aromatic rings. The Bertz CT molecular complexity index is 526. The number of carbonyl (C=O) groups is 1. The average molecular weight is 351 g/mol. The number of hydrogen-bond donors (Lipinski definition) is 1. The van der Waals surface area contributed by atoms with Gasteiger partial charge in [-0.05, 0) is 69.3 Å². The van der Waals surface area contributed by atoms with Crippen molar-refractivity contribution in [2.45, 2.75) is 51.1 Å². The maximum Gasteiger partial charge on any atom is 0.254 e. The number of rotatable bonds is 2. The van der Waals surface area contributed by atoms with E-state index >= 15 is 0 Å². The molecule has 2 atom stereocenters. The molecule has 1 aromatic carbocycles. The molecule has 2 heterocycles. The zero-order valence-electron chi connectivity index (χ0n) is 12.6. The van der Waals surface area contributed by atoms with E-state index in [4.69, 9.17) is 0 Å². The van der Waals surface area contributed by atoms with Crippen molar-refractivity contribution in [3.63, 3.8) is 0 Å². The second-order valence-corrected chi connectivity index (χ2v) is 7.14. The predicted octanol–water partition coefficient (Wildman–Crippen LogP) is 3.50. The number of aryl methyl sites for hydroxylation is 1. The fraction of sp³-hybridized carbons (Fsp3) is 0.588. The van der Waals surface area contributed by atoms with Crippen LogP contribution in [-0.4, -0.2) is 36.0 Å². The first-order valence-electron chi connectivity index (χ1n) is 7.97. The highest BCUT2D eigenvalue weighted by Gasteiger charge is 2.34. The number of piperidine rings is 1. The Morgan fingerprint density at radius 1 is 1.29 bits per heavy atom. The maximum absolute atomic E-state index is 13.0. The molecule has 0 radical (unpaired) electrons. The summed E-state index contributed by atoms with van der Waals surface area (Å²) in [5, 5.41) is 3.58. The number of carbonyl (C=O) groups excluding carboxylic acids is 1. The Balaban J connectivity index is 1.83. The number of likely N-dealkylation sites (tertiary alicyclic amines) is 1. The van der Waals surface area contributed by atoms with E-state index in [1.165, 1.54) is 19.3 Å². The lowest BCUT2D eigenvalue weighted by Crippen LogP contribution is -2.52. The number of hydrogen-bond acceptors (Lipinski definition) is 2. The van der Waals surface area contributed by atoms with Crippen LogP contribution in [0.5, 0.6) is 0 Å². The molecule has 2 unspecified atom stereocenters. The predicted molar refractivity (Wildman–Crippen MR) is 88.6 cm³/mol. The molecule has 2 fully saturated rings. The molecule has 4 heteroatoms. The summed E-state index contributed by atoms with van der Waals surface area (Å²) in [5.41, 5.74) is 1.90. The molecule has 3 nitrogen and oxygen atoms in total. The number of benzene rings is 1. The molecule has 21 heavy (non-hydrogen) atoms. The fourth-order valence-corrected chi connectivity index (χ4v) is 4.17. The molecule has 0 aliphatic carbocycles. The number of amides is 1. The van der Waals surface area contributed by atoms with Crippen LogP contribution in [0.4, 0.5) is 0 Å². The van der Waals surface area contributed by atoms with Crippen LogP contribution in [0.3, 0.4) is 0 Å². The first-order valence-corrected chi connectivity index (χ1v) is 8.76. The Labute approximate surface area is 135 Å². The van der Waals surface area contributed by atoms with Crippen molar-refractivity contribution in [2.75, 3.05) is 13.1 Å². The molecule has 0 spiro atoms. The van der Waals surface area contributed by atoms with E-state index in [0.717, 1.165) is 41.5 Å². The fourth-order valence-electron chi connectivity index (χ4n) is 3.69. The molecule has 114 valence electrons. The third-order valence-electron chi connectivity index (χ3n) is 4.79. The van der Waals surface area contributed by atoms with Crippen molar-refractivity contribution in [2.24, 2.45) is 0 Å². The van der Waals surface area contributed by atoms with Crippen LogP contribution >= 0.6 is 15.9 Å². The van der Waals surface area contributed by atoms with E-state index in [-0.39, 0.29) is 5.91 Å². The van der Waals surface area contributed by atoms with Gasteiger partial charge in [-0.3, -0.25) is 4.79 Å². The Morgan fingerprint density at radius 3 is 2.86 bits per heavy atom. The van der Waals surface area contributed by atoms with Crippen molar-refractivity contribution in [3.05, 3.63) is 33.8 Å². The summed E-state index contributed by atoms with van der Waals surface area (Å²) in [5.74, 6) is 0.207. The molecule has 3 rings (SSSR count). The van der Waals surface area contributed by atoms with Crippen LogP contribution in [0, 0.1) is 6.92 Å². The quantitative estimate of drug-likeness (QED) is 0.885. The molecular formula is C17H23BrN2O. The van der Waals surface area contributed by atoms with Gasteiger partial charge in [0.05, 0.1) is 0 Å². The lowest BCUT2D eigenvalue weighted by atomic mass is 9.93. The zero-order valence-corrected chi connectivity index (χ0v) is 14.2. The minimum Gasteiger partial charge on any atom is -0.334 e. The van der Waals surface area contributed by atoms with Crippen LogP contribution in [0.2, 0.25) is 0 Å². The minimum absolute atomic E-state index is 0.207. The lowest BCUT2D eigenvalue weighted by Gasteiger charge is -2.39. The van der Waals surface area contributed by atoms with E-state index in [1.54, 1.807) is 0 Å². The van der Waals surface area contributed by atoms with Gasteiger partial charge in [-0.15, -0.1) is 0 Å². The first-order chi connectivity index (χ1) is 10.2. The van der Waals surface area contributed by atoms with Crippen LogP contribution in [-0.2, 0) is 0 Å². The molecule has 0 bridgehead atoms. The van der Waals surface area contributed by atoms with Crippen LogP contribution < -0.4 is 5.32 Å². The molecule has 2 saturated heterocycles. The van der Waals surface area contributed by atoms with Gasteiger partial charge in [0.1, 0.15) is 0 Å². The van der Waals surface area contributed by atoms with Gasteiger partial charge in [0.15, 0.2) is 0 Å². The smallest absolute Gasteiger partial charge is 0.254 e. The van der Waals surface area contributed by atoms with Crippen LogP contribution in [0.15, 0.2) is 22.7 Å². The van der Waals surface area contributed by atoms with Gasteiger partial charge in [0.2, 0.25) is 0 Å². The molecule has 2 aliphatic heterocycles.